The van der Waals surface area contributed by atoms with Gasteiger partial charge in [0, 0.05) is 11.8 Å². The van der Waals surface area contributed by atoms with Crippen LogP contribution in [0.15, 0.2) is 54.9 Å². The number of para-hydroxylation sites is 1. The number of nitriles is 1. The Bertz CT molecular complexity index is 1160. The topological polar surface area (TPSA) is 105 Å². The maximum Gasteiger partial charge on any atom is 0.149 e. The molecule has 0 amide bonds. The van der Waals surface area contributed by atoms with Crippen molar-refractivity contribution in [3.05, 3.63) is 72.1 Å². The number of anilines is 2. The number of hydrogen-bond donors (Lipinski definition) is 2. The van der Waals surface area contributed by atoms with Gasteiger partial charge in [-0.1, -0.05) is 18.2 Å². The van der Waals surface area contributed by atoms with Crippen LogP contribution in [0.1, 0.15) is 11.4 Å². The van der Waals surface area contributed by atoms with Gasteiger partial charge < -0.3 is 11.1 Å². The molecule has 0 aliphatic rings. The zero-order chi connectivity index (χ0) is 18.8. The number of nitrogens with zero attached hydrogens (tertiary/aromatic N) is 5. The van der Waals surface area contributed by atoms with Gasteiger partial charge in [-0.15, -0.1) is 0 Å². The molecule has 0 bridgehead atoms. The third-order valence-electron chi connectivity index (χ3n) is 4.10. The lowest BCUT2D eigenvalue weighted by atomic mass is 10.2. The summed E-state index contributed by atoms with van der Waals surface area (Å²) in [5.74, 6) is 0.717. The number of rotatable bonds is 4. The first-order valence-corrected chi connectivity index (χ1v) is 8.14. The molecule has 7 nitrogen and oxygen atoms in total. The molecule has 4 rings (SSSR count). The number of nitrogen functional groups attached to an aromatic ring is 1. The molecule has 0 atom stereocenters. The monoisotopic (exact) mass is 359 g/mol. The summed E-state index contributed by atoms with van der Waals surface area (Å²) in [5.41, 5.74) is 8.11. The van der Waals surface area contributed by atoms with E-state index in [1.54, 1.807) is 6.07 Å². The van der Waals surface area contributed by atoms with Gasteiger partial charge in [-0.2, -0.15) is 5.26 Å². The van der Waals surface area contributed by atoms with Crippen molar-refractivity contribution in [2.75, 3.05) is 11.1 Å². The molecular weight excluding hydrogens is 345 g/mol. The summed E-state index contributed by atoms with van der Waals surface area (Å²) >= 11 is 0. The molecular formula is C19H14FN7. The van der Waals surface area contributed by atoms with E-state index in [4.69, 9.17) is 5.73 Å². The van der Waals surface area contributed by atoms with Crippen molar-refractivity contribution in [3.8, 4) is 11.8 Å². The average molecular weight is 359 g/mol. The molecule has 2 aromatic carbocycles. The quantitative estimate of drug-likeness (QED) is 0.580. The molecule has 2 heterocycles. The van der Waals surface area contributed by atoms with E-state index in [0.29, 0.717) is 17.2 Å². The SMILES string of the molecule is N#Cc1c(N)ncnc1NCc1nc2cc(F)ccc2n1-c1ccccc1. The van der Waals surface area contributed by atoms with Gasteiger partial charge in [0.05, 0.1) is 17.6 Å². The average Bonchev–Trinajstić information content (AvgIpc) is 3.04. The minimum atomic E-state index is -0.352. The van der Waals surface area contributed by atoms with E-state index in [1.165, 1.54) is 18.5 Å². The van der Waals surface area contributed by atoms with E-state index in [1.807, 2.05) is 41.0 Å². The normalized spacial score (nSPS) is 10.7. The van der Waals surface area contributed by atoms with Gasteiger partial charge in [-0.3, -0.25) is 4.57 Å². The van der Waals surface area contributed by atoms with Gasteiger partial charge >= 0.3 is 0 Å². The fourth-order valence-electron chi connectivity index (χ4n) is 2.89. The highest BCUT2D eigenvalue weighted by atomic mass is 19.1. The number of nitrogens with two attached hydrogens (primary N) is 1. The predicted octanol–water partition coefficient (Wildman–Crippen LogP) is 3.02. The molecule has 27 heavy (non-hydrogen) atoms. The molecule has 2 aromatic heterocycles. The van der Waals surface area contributed by atoms with Gasteiger partial charge in [0.25, 0.3) is 0 Å². The van der Waals surface area contributed by atoms with Gasteiger partial charge in [-0.05, 0) is 24.3 Å². The lowest BCUT2D eigenvalue weighted by Gasteiger charge is -2.11. The van der Waals surface area contributed by atoms with Crippen molar-refractivity contribution >= 4 is 22.7 Å². The highest BCUT2D eigenvalue weighted by Crippen LogP contribution is 2.24. The van der Waals surface area contributed by atoms with Crippen molar-refractivity contribution in [2.24, 2.45) is 0 Å². The van der Waals surface area contributed by atoms with Crippen molar-refractivity contribution < 1.29 is 4.39 Å². The summed E-state index contributed by atoms with van der Waals surface area (Å²) in [6.07, 6.45) is 1.29. The summed E-state index contributed by atoms with van der Waals surface area (Å²) in [6, 6.07) is 16.1. The maximum atomic E-state index is 13.6. The van der Waals surface area contributed by atoms with Gasteiger partial charge in [0.1, 0.15) is 41.2 Å². The Morgan fingerprint density at radius 1 is 1.15 bits per heavy atom. The molecule has 8 heteroatoms. The van der Waals surface area contributed by atoms with Crippen LogP contribution in [-0.2, 0) is 6.54 Å². The number of imidazole rings is 1. The van der Waals surface area contributed by atoms with Crippen LogP contribution in [0.5, 0.6) is 0 Å². The maximum absolute atomic E-state index is 13.6. The zero-order valence-electron chi connectivity index (χ0n) is 14.1. The van der Waals surface area contributed by atoms with E-state index in [2.05, 4.69) is 20.3 Å². The fraction of sp³-hybridized carbons (Fsp3) is 0.0526. The first-order valence-electron chi connectivity index (χ1n) is 8.14. The number of fused-ring (bicyclic) bond motifs is 1. The van der Waals surface area contributed by atoms with Crippen LogP contribution in [0.2, 0.25) is 0 Å². The predicted molar refractivity (Wildman–Crippen MR) is 99.5 cm³/mol. The Hall–Kier alpha value is -3.99. The Labute approximate surface area is 153 Å². The smallest absolute Gasteiger partial charge is 0.149 e. The van der Waals surface area contributed by atoms with Crippen LogP contribution in [0.3, 0.4) is 0 Å². The lowest BCUT2D eigenvalue weighted by molar-refractivity contribution is 0.629. The molecule has 0 fully saturated rings. The second kappa shape index (κ2) is 6.72. The van der Waals surface area contributed by atoms with Crippen LogP contribution in [0.25, 0.3) is 16.7 Å². The Balaban J connectivity index is 1.78. The van der Waals surface area contributed by atoms with Crippen LogP contribution in [0, 0.1) is 17.1 Å². The number of aromatic nitrogens is 4. The molecule has 0 aliphatic carbocycles. The fourth-order valence-corrected chi connectivity index (χ4v) is 2.89. The number of halogens is 1. The molecule has 0 saturated carbocycles. The third-order valence-corrected chi connectivity index (χ3v) is 4.10. The van der Waals surface area contributed by atoms with Crippen LogP contribution < -0.4 is 11.1 Å². The van der Waals surface area contributed by atoms with E-state index < -0.39 is 0 Å². The van der Waals surface area contributed by atoms with E-state index in [-0.39, 0.29) is 23.7 Å². The largest absolute Gasteiger partial charge is 0.382 e. The molecule has 0 saturated heterocycles. The lowest BCUT2D eigenvalue weighted by Crippen LogP contribution is -2.10. The summed E-state index contributed by atoms with van der Waals surface area (Å²) in [7, 11) is 0. The van der Waals surface area contributed by atoms with E-state index in [0.717, 1.165) is 11.2 Å². The molecule has 4 aromatic rings. The Morgan fingerprint density at radius 3 is 2.74 bits per heavy atom. The molecule has 0 spiro atoms. The minimum Gasteiger partial charge on any atom is -0.382 e. The minimum absolute atomic E-state index is 0.105. The zero-order valence-corrected chi connectivity index (χ0v) is 14.1. The molecule has 132 valence electrons. The first kappa shape index (κ1) is 16.5. The van der Waals surface area contributed by atoms with Crippen LogP contribution in [-0.4, -0.2) is 19.5 Å². The van der Waals surface area contributed by atoms with E-state index in [9.17, 15) is 9.65 Å². The molecule has 0 aliphatic heterocycles. The Morgan fingerprint density at radius 2 is 1.96 bits per heavy atom. The standard InChI is InChI=1S/C19H14FN7/c20-12-6-7-16-15(8-12)26-17(27(16)13-4-2-1-3-5-13)10-23-19-14(9-21)18(22)24-11-25-19/h1-8,11H,10H2,(H3,22,23,24,25). The summed E-state index contributed by atoms with van der Waals surface area (Å²) < 4.78 is 15.6. The van der Waals surface area contributed by atoms with Crippen LogP contribution >= 0.6 is 0 Å². The second-order valence-electron chi connectivity index (χ2n) is 5.78. The number of benzene rings is 2. The number of hydrogen-bond acceptors (Lipinski definition) is 6. The Kier molecular flexibility index (Phi) is 4.10. The molecule has 0 unspecified atom stereocenters. The first-order chi connectivity index (χ1) is 13.2. The summed E-state index contributed by atoms with van der Waals surface area (Å²) in [5, 5.41) is 12.3. The highest BCUT2D eigenvalue weighted by Gasteiger charge is 2.15. The summed E-state index contributed by atoms with van der Waals surface area (Å²) in [6.45, 7) is 0.260. The second-order valence-corrected chi connectivity index (χ2v) is 5.78. The van der Waals surface area contributed by atoms with Crippen LogP contribution in [0.4, 0.5) is 16.0 Å². The van der Waals surface area contributed by atoms with Gasteiger partial charge in [-0.25, -0.2) is 19.3 Å². The molecule has 0 radical (unpaired) electrons. The number of nitrogens with one attached hydrogen (secondary N) is 1. The molecule has 3 N–H and O–H groups in total. The summed E-state index contributed by atoms with van der Waals surface area (Å²) in [4.78, 5) is 12.4. The van der Waals surface area contributed by atoms with Crippen molar-refractivity contribution in [2.45, 2.75) is 6.54 Å². The van der Waals surface area contributed by atoms with Crippen molar-refractivity contribution in [1.82, 2.24) is 19.5 Å². The third kappa shape index (κ3) is 3.02. The highest BCUT2D eigenvalue weighted by molar-refractivity contribution is 5.78. The van der Waals surface area contributed by atoms with E-state index >= 15 is 0 Å². The van der Waals surface area contributed by atoms with Crippen molar-refractivity contribution in [1.29, 1.82) is 5.26 Å². The van der Waals surface area contributed by atoms with Gasteiger partial charge in [0.15, 0.2) is 0 Å². The van der Waals surface area contributed by atoms with Crippen molar-refractivity contribution in [3.63, 3.8) is 0 Å². The van der Waals surface area contributed by atoms with Gasteiger partial charge in [0.2, 0.25) is 0 Å².